The Morgan fingerprint density at radius 1 is 0.855 bits per heavy atom. The van der Waals surface area contributed by atoms with Crippen LogP contribution in [0.1, 0.15) is 53.3 Å². The van der Waals surface area contributed by atoms with Crippen molar-refractivity contribution in [1.29, 1.82) is 0 Å². The Balaban J connectivity index is 0.773. The van der Waals surface area contributed by atoms with E-state index >= 15 is 4.39 Å². The zero-order valence-electron chi connectivity index (χ0n) is 38.3. The molecule has 10 rings (SSSR count). The lowest BCUT2D eigenvalue weighted by molar-refractivity contribution is -0.136. The van der Waals surface area contributed by atoms with Crippen LogP contribution < -0.4 is 19.9 Å². The topological polar surface area (TPSA) is 172 Å². The van der Waals surface area contributed by atoms with Gasteiger partial charge in [0.05, 0.1) is 16.1 Å². The molecule has 1 aromatic heterocycles. The average molecular weight is 958 g/mol. The number of anilines is 2. The van der Waals surface area contributed by atoms with Crippen molar-refractivity contribution < 1.29 is 38.2 Å². The summed E-state index contributed by atoms with van der Waals surface area (Å²) in [5.74, 6) is -1.91. The minimum absolute atomic E-state index is 0.0217. The van der Waals surface area contributed by atoms with Gasteiger partial charge in [0.2, 0.25) is 17.7 Å². The zero-order valence-corrected chi connectivity index (χ0v) is 39.1. The molecule has 0 saturated carbocycles. The summed E-state index contributed by atoms with van der Waals surface area (Å²) in [6, 6.07) is 16.5. The van der Waals surface area contributed by atoms with Gasteiger partial charge in [-0.15, -0.1) is 0 Å². The van der Waals surface area contributed by atoms with Crippen molar-refractivity contribution in [1.82, 2.24) is 34.9 Å². The molecule has 358 valence electrons. The number of nitrogens with zero attached hydrogens (tertiary/aromatic N) is 8. The van der Waals surface area contributed by atoms with Gasteiger partial charge in [-0.25, -0.2) is 4.39 Å². The van der Waals surface area contributed by atoms with Gasteiger partial charge in [-0.3, -0.25) is 39.1 Å². The predicted molar refractivity (Wildman–Crippen MR) is 259 cm³/mol. The van der Waals surface area contributed by atoms with Gasteiger partial charge in [-0.2, -0.15) is 9.97 Å². The number of nitrogens with one attached hydrogen (secondary N) is 1. The molecule has 4 fully saturated rings. The molecule has 2 atom stereocenters. The van der Waals surface area contributed by atoms with Crippen molar-refractivity contribution >= 4 is 74.3 Å². The van der Waals surface area contributed by atoms with Crippen LogP contribution in [0.15, 0.2) is 73.3 Å². The molecule has 0 radical (unpaired) electrons. The second kappa shape index (κ2) is 19.0. The van der Waals surface area contributed by atoms with E-state index in [9.17, 15) is 29.1 Å². The van der Waals surface area contributed by atoms with E-state index in [-0.39, 0.29) is 63.8 Å². The monoisotopic (exact) mass is 957 g/mol. The molecule has 18 heteroatoms. The Morgan fingerprint density at radius 2 is 1.58 bits per heavy atom. The van der Waals surface area contributed by atoms with Crippen molar-refractivity contribution in [2.75, 3.05) is 88.3 Å². The van der Waals surface area contributed by atoms with Crippen molar-refractivity contribution in [2.45, 2.75) is 44.8 Å². The lowest BCUT2D eigenvalue weighted by atomic mass is 9.95. The van der Waals surface area contributed by atoms with Gasteiger partial charge in [-0.1, -0.05) is 42.4 Å². The summed E-state index contributed by atoms with van der Waals surface area (Å²) >= 11 is 6.93. The van der Waals surface area contributed by atoms with Gasteiger partial charge in [-0.05, 0) is 90.9 Å². The highest BCUT2D eigenvalue weighted by molar-refractivity contribution is 6.35. The number of amides is 5. The van der Waals surface area contributed by atoms with E-state index in [1.807, 2.05) is 42.2 Å². The minimum Gasteiger partial charge on any atom is -0.508 e. The third-order valence-electron chi connectivity index (χ3n) is 14.2. The second-order valence-electron chi connectivity index (χ2n) is 18.6. The Kier molecular flexibility index (Phi) is 12.7. The number of halogens is 2. The Morgan fingerprint density at radius 3 is 2.32 bits per heavy atom. The lowest BCUT2D eigenvalue weighted by Gasteiger charge is -2.40. The number of hydrogen-bond acceptors (Lipinski definition) is 13. The number of phenols is 1. The number of benzene rings is 4. The fourth-order valence-corrected chi connectivity index (χ4v) is 10.9. The van der Waals surface area contributed by atoms with Gasteiger partial charge in [0.25, 0.3) is 11.8 Å². The predicted octanol–water partition coefficient (Wildman–Crippen LogP) is 5.49. The maximum atomic E-state index is 17.1. The number of imide groups is 2. The summed E-state index contributed by atoms with van der Waals surface area (Å²) in [4.78, 5) is 84.6. The van der Waals surface area contributed by atoms with Gasteiger partial charge in [0.1, 0.15) is 29.2 Å². The summed E-state index contributed by atoms with van der Waals surface area (Å²) in [5.41, 5.74) is 2.02. The van der Waals surface area contributed by atoms with Crippen molar-refractivity contribution in [3.8, 4) is 22.9 Å². The van der Waals surface area contributed by atoms with Crippen LogP contribution >= 0.6 is 11.6 Å². The Hall–Kier alpha value is -6.69. The molecule has 4 aromatic carbocycles. The normalized spacial score (nSPS) is 20.2. The van der Waals surface area contributed by atoms with E-state index in [1.165, 1.54) is 12.1 Å². The molecule has 0 bridgehead atoms. The van der Waals surface area contributed by atoms with Gasteiger partial charge in [0.15, 0.2) is 5.82 Å². The van der Waals surface area contributed by atoms with E-state index in [2.05, 4.69) is 31.6 Å². The standard InChI is InChI=1S/C51H53ClFN9O7/c1-3-43(65)60-20-22-61(23-21-60)47-39-27-40(52)44(37-26-34(63)24-32-6-4-5-7-35(32)37)45(53)46(39)55-51(56-47)69-30(2)28-57-16-18-58(19-17-57)29-31-12-14-59(15-13-31)33-8-9-36-38(25-33)50(68)62(49(36)67)41-10-11-42(64)54-48(41)66/h3-9,24-27,30-31,41,63H,1,10-23,28-29H2,2H3,(H,54,64,66)/t30-,41?/m1/s1. The number of rotatable bonds is 11. The van der Waals surface area contributed by atoms with E-state index in [4.69, 9.17) is 21.3 Å². The number of piperazine rings is 2. The maximum absolute atomic E-state index is 17.1. The molecule has 69 heavy (non-hydrogen) atoms. The Labute approximate surface area is 403 Å². The van der Waals surface area contributed by atoms with E-state index < -0.39 is 35.5 Å². The van der Waals surface area contributed by atoms with Crippen molar-refractivity contribution in [3.63, 3.8) is 0 Å². The zero-order chi connectivity index (χ0) is 48.1. The summed E-state index contributed by atoms with van der Waals surface area (Å²) in [6.07, 6.45) is 3.11. The molecule has 6 heterocycles. The fraction of sp³-hybridized carbons (Fsp3) is 0.392. The second-order valence-corrected chi connectivity index (χ2v) is 19.0. The first-order valence-corrected chi connectivity index (χ1v) is 24.0. The van der Waals surface area contributed by atoms with Crippen LogP contribution in [0.5, 0.6) is 11.8 Å². The van der Waals surface area contributed by atoms with Gasteiger partial charge >= 0.3 is 6.01 Å². The molecule has 1 unspecified atom stereocenters. The van der Waals surface area contributed by atoms with E-state index in [0.717, 1.165) is 80.0 Å². The molecule has 5 aliphatic rings. The SMILES string of the molecule is C=CC(=O)N1CCN(c2nc(O[C@H](C)CN3CCN(CC4CCN(c5ccc6c(c5)C(=O)N(C5CCC(=O)NC5=O)C6=O)CC4)CC3)nc3c(F)c(-c4cc(O)cc5ccccc45)c(Cl)cc23)CC1. The molecule has 16 nitrogen and oxygen atoms in total. The largest absolute Gasteiger partial charge is 0.508 e. The number of carbonyl (C=O) groups excluding carboxylic acids is 5. The number of piperidine rings is 2. The number of hydrogen-bond donors (Lipinski definition) is 2. The summed E-state index contributed by atoms with van der Waals surface area (Å²) < 4.78 is 23.6. The molecule has 0 spiro atoms. The van der Waals surface area contributed by atoms with Crippen molar-refractivity contribution in [2.24, 2.45) is 5.92 Å². The number of ether oxygens (including phenoxy) is 1. The molecular formula is C51H53ClFN9O7. The quantitative estimate of drug-likeness (QED) is 0.126. The number of fused-ring (bicyclic) bond motifs is 3. The van der Waals surface area contributed by atoms with Crippen LogP contribution in [0.3, 0.4) is 0 Å². The van der Waals surface area contributed by atoms with Crippen LogP contribution in [0.4, 0.5) is 15.9 Å². The van der Waals surface area contributed by atoms with E-state index in [1.54, 1.807) is 29.2 Å². The van der Waals surface area contributed by atoms with Gasteiger partial charge in [0, 0.05) is 102 Å². The molecule has 2 N–H and O–H groups in total. The highest BCUT2D eigenvalue weighted by atomic mass is 35.5. The molecule has 5 aliphatic heterocycles. The number of phenolic OH excluding ortho intramolecular Hbond substituents is 1. The smallest absolute Gasteiger partial charge is 0.319 e. The van der Waals surface area contributed by atoms with E-state index in [0.29, 0.717) is 55.4 Å². The number of aromatic nitrogens is 2. The maximum Gasteiger partial charge on any atom is 0.319 e. The van der Waals surface area contributed by atoms with Crippen molar-refractivity contribution in [3.05, 3.63) is 95.3 Å². The first kappa shape index (κ1) is 46.1. The number of aromatic hydroxyl groups is 1. The Bertz CT molecular complexity index is 2910. The molecule has 5 amide bonds. The molecule has 5 aromatic rings. The highest BCUT2D eigenvalue weighted by Crippen LogP contribution is 2.43. The minimum atomic E-state index is -0.995. The first-order valence-electron chi connectivity index (χ1n) is 23.6. The van der Waals surface area contributed by atoms with Crippen LogP contribution in [-0.4, -0.2) is 155 Å². The first-order chi connectivity index (χ1) is 33.3. The van der Waals surface area contributed by atoms with Gasteiger partial charge < -0.3 is 29.4 Å². The third-order valence-corrected chi connectivity index (χ3v) is 14.5. The summed E-state index contributed by atoms with van der Waals surface area (Å²) in [7, 11) is 0. The molecule has 0 aliphatic carbocycles. The van der Waals surface area contributed by atoms with Crippen LogP contribution in [0, 0.1) is 11.7 Å². The molecule has 4 saturated heterocycles. The van der Waals surface area contributed by atoms with Crippen LogP contribution in [0.2, 0.25) is 5.02 Å². The fourth-order valence-electron chi connectivity index (χ4n) is 10.6. The van der Waals surface area contributed by atoms with Crippen LogP contribution in [-0.2, 0) is 14.4 Å². The van der Waals surface area contributed by atoms with Crippen LogP contribution in [0.25, 0.3) is 32.8 Å². The highest BCUT2D eigenvalue weighted by Gasteiger charge is 2.45. The lowest BCUT2D eigenvalue weighted by Crippen LogP contribution is -2.54. The summed E-state index contributed by atoms with van der Waals surface area (Å²) in [6.45, 7) is 14.0. The molecular weight excluding hydrogens is 905 g/mol. The third kappa shape index (κ3) is 9.06. The average Bonchev–Trinajstić information content (AvgIpc) is 3.59. The number of carbonyl (C=O) groups is 5. The summed E-state index contributed by atoms with van der Waals surface area (Å²) in [5, 5.41) is 14.9.